The summed E-state index contributed by atoms with van der Waals surface area (Å²) in [5, 5.41) is 13.1. The van der Waals surface area contributed by atoms with Gasteiger partial charge in [0, 0.05) is 16.8 Å². The number of carbonyl (C=O) groups is 1. The molecule has 4 rings (SSSR count). The normalized spacial score (nSPS) is 13.8. The van der Waals surface area contributed by atoms with E-state index in [2.05, 4.69) is 15.5 Å². The maximum absolute atomic E-state index is 12.4. The number of amides is 1. The molecule has 0 atom stereocenters. The third kappa shape index (κ3) is 6.42. The number of aromatic nitrogens is 3. The Bertz CT molecular complexity index is 1050. The van der Waals surface area contributed by atoms with Crippen LogP contribution in [0.25, 0.3) is 5.69 Å². The van der Waals surface area contributed by atoms with Crippen LogP contribution in [0, 0.1) is 0 Å². The smallest absolute Gasteiger partial charge is 0.230 e. The van der Waals surface area contributed by atoms with Crippen LogP contribution in [-0.4, -0.2) is 39.1 Å². The molecule has 1 N–H and O–H groups in total. The lowest BCUT2D eigenvalue weighted by atomic mass is 10.2. The van der Waals surface area contributed by atoms with Crippen molar-refractivity contribution in [1.29, 1.82) is 0 Å². The molecule has 3 aromatic rings. The molecule has 9 heteroatoms. The number of thioether (sulfide) groups is 1. The van der Waals surface area contributed by atoms with Gasteiger partial charge in [0.25, 0.3) is 0 Å². The first-order valence-corrected chi connectivity index (χ1v) is 12.5. The van der Waals surface area contributed by atoms with Crippen LogP contribution in [0.4, 0.5) is 0 Å². The van der Waals surface area contributed by atoms with Gasteiger partial charge in [-0.1, -0.05) is 36.2 Å². The monoisotopic (exact) mass is 486 g/mol. The molecule has 33 heavy (non-hydrogen) atoms. The summed E-state index contributed by atoms with van der Waals surface area (Å²) in [6, 6.07) is 15.2. The minimum Gasteiger partial charge on any atom is -0.494 e. The fraction of sp³-hybridized carbons (Fsp3) is 0.375. The summed E-state index contributed by atoms with van der Waals surface area (Å²) < 4.78 is 13.3. The Kier molecular flexibility index (Phi) is 8.12. The summed E-state index contributed by atoms with van der Waals surface area (Å²) in [6.45, 7) is 2.78. The molecular weight excluding hydrogens is 460 g/mol. The molecule has 0 bridgehead atoms. The summed E-state index contributed by atoms with van der Waals surface area (Å²) in [5.41, 5.74) is 0.855. The summed E-state index contributed by atoms with van der Waals surface area (Å²) in [5.74, 6) is 2.43. The van der Waals surface area contributed by atoms with Gasteiger partial charge in [-0.2, -0.15) is 0 Å². The predicted molar refractivity (Wildman–Crippen MR) is 129 cm³/mol. The maximum Gasteiger partial charge on any atom is 0.230 e. The van der Waals surface area contributed by atoms with Gasteiger partial charge in [-0.05, 0) is 68.3 Å². The second kappa shape index (κ2) is 11.4. The van der Waals surface area contributed by atoms with Gasteiger partial charge in [0.2, 0.25) is 5.91 Å². The molecule has 7 nitrogen and oxygen atoms in total. The number of carbonyl (C=O) groups excluding carboxylic acids is 1. The second-order valence-electron chi connectivity index (χ2n) is 7.74. The molecule has 1 aliphatic rings. The lowest BCUT2D eigenvalue weighted by Crippen LogP contribution is -2.33. The molecule has 1 aromatic heterocycles. The van der Waals surface area contributed by atoms with Gasteiger partial charge in [0.05, 0.1) is 12.4 Å². The lowest BCUT2D eigenvalue weighted by Gasteiger charge is -2.13. The molecule has 1 heterocycles. The van der Waals surface area contributed by atoms with E-state index >= 15 is 0 Å². The van der Waals surface area contributed by atoms with E-state index in [-0.39, 0.29) is 18.3 Å². The Morgan fingerprint density at radius 3 is 2.39 bits per heavy atom. The number of benzene rings is 2. The average Bonchev–Trinajstić information content (AvgIpc) is 3.48. The molecule has 0 saturated heterocycles. The molecule has 0 spiro atoms. The maximum atomic E-state index is 12.4. The van der Waals surface area contributed by atoms with Crippen LogP contribution >= 0.6 is 23.4 Å². The van der Waals surface area contributed by atoms with Crippen molar-refractivity contribution in [3.8, 4) is 17.2 Å². The van der Waals surface area contributed by atoms with Gasteiger partial charge >= 0.3 is 0 Å². The van der Waals surface area contributed by atoms with Crippen LogP contribution < -0.4 is 14.8 Å². The molecule has 0 aliphatic heterocycles. The van der Waals surface area contributed by atoms with E-state index in [1.807, 2.05) is 60.0 Å². The standard InChI is InChI=1S/C24H27ClN4O3S/c1-2-31-20-11-13-21(14-12-20)32-15-22-27-28-24(29(22)19-9-7-17(25)8-10-19)33-16-23(30)26-18-5-3-4-6-18/h7-14,18H,2-6,15-16H2,1H3,(H,26,30). The van der Waals surface area contributed by atoms with Crippen molar-refractivity contribution in [2.75, 3.05) is 12.4 Å². The Labute approximate surface area is 202 Å². The molecular formula is C24H27ClN4O3S. The predicted octanol–water partition coefficient (Wildman–Crippen LogP) is 5.05. The summed E-state index contributed by atoms with van der Waals surface area (Å²) in [6.07, 6.45) is 4.48. The van der Waals surface area contributed by atoms with Crippen molar-refractivity contribution in [1.82, 2.24) is 20.1 Å². The molecule has 2 aromatic carbocycles. The van der Waals surface area contributed by atoms with E-state index < -0.39 is 0 Å². The molecule has 0 radical (unpaired) electrons. The Morgan fingerprint density at radius 1 is 1.06 bits per heavy atom. The lowest BCUT2D eigenvalue weighted by molar-refractivity contribution is -0.119. The van der Waals surface area contributed by atoms with Crippen LogP contribution in [0.15, 0.2) is 53.7 Å². The van der Waals surface area contributed by atoms with Gasteiger partial charge in [0.1, 0.15) is 18.1 Å². The first-order valence-electron chi connectivity index (χ1n) is 11.1. The average molecular weight is 487 g/mol. The van der Waals surface area contributed by atoms with E-state index in [1.165, 1.54) is 24.6 Å². The number of hydrogen-bond acceptors (Lipinski definition) is 6. The van der Waals surface area contributed by atoms with Gasteiger partial charge in [0.15, 0.2) is 11.0 Å². The zero-order valence-electron chi connectivity index (χ0n) is 18.5. The fourth-order valence-electron chi connectivity index (χ4n) is 3.75. The number of ether oxygens (including phenoxy) is 2. The number of nitrogens with zero attached hydrogens (tertiary/aromatic N) is 3. The van der Waals surface area contributed by atoms with Crippen LogP contribution in [0.3, 0.4) is 0 Å². The van der Waals surface area contributed by atoms with Gasteiger partial charge < -0.3 is 14.8 Å². The summed E-state index contributed by atoms with van der Waals surface area (Å²) >= 11 is 7.44. The first-order chi connectivity index (χ1) is 16.1. The highest BCUT2D eigenvalue weighted by atomic mass is 35.5. The van der Waals surface area contributed by atoms with Crippen molar-refractivity contribution in [2.24, 2.45) is 0 Å². The molecule has 1 fully saturated rings. The van der Waals surface area contributed by atoms with E-state index in [0.717, 1.165) is 24.3 Å². The van der Waals surface area contributed by atoms with Crippen molar-refractivity contribution in [2.45, 2.75) is 50.4 Å². The number of hydrogen-bond donors (Lipinski definition) is 1. The highest BCUT2D eigenvalue weighted by Crippen LogP contribution is 2.25. The number of nitrogens with one attached hydrogen (secondary N) is 1. The second-order valence-corrected chi connectivity index (χ2v) is 9.12. The minimum atomic E-state index is 0.0183. The summed E-state index contributed by atoms with van der Waals surface area (Å²) in [4.78, 5) is 12.4. The zero-order chi connectivity index (χ0) is 23.0. The van der Waals surface area contributed by atoms with E-state index in [0.29, 0.717) is 34.4 Å². The van der Waals surface area contributed by atoms with Crippen molar-refractivity contribution < 1.29 is 14.3 Å². The molecule has 1 aliphatic carbocycles. The van der Waals surface area contributed by atoms with Gasteiger partial charge in [-0.25, -0.2) is 0 Å². The third-order valence-electron chi connectivity index (χ3n) is 5.34. The van der Waals surface area contributed by atoms with Crippen LogP contribution in [0.2, 0.25) is 5.02 Å². The van der Waals surface area contributed by atoms with E-state index in [4.69, 9.17) is 21.1 Å². The van der Waals surface area contributed by atoms with E-state index in [9.17, 15) is 4.79 Å². The number of rotatable bonds is 10. The highest BCUT2D eigenvalue weighted by Gasteiger charge is 2.20. The van der Waals surface area contributed by atoms with Gasteiger partial charge in [-0.3, -0.25) is 9.36 Å². The Morgan fingerprint density at radius 2 is 1.73 bits per heavy atom. The molecule has 1 amide bonds. The largest absolute Gasteiger partial charge is 0.494 e. The highest BCUT2D eigenvalue weighted by molar-refractivity contribution is 7.99. The topological polar surface area (TPSA) is 78.3 Å². The quantitative estimate of drug-likeness (QED) is 0.404. The Hall–Kier alpha value is -2.71. The van der Waals surface area contributed by atoms with Crippen molar-refractivity contribution in [3.63, 3.8) is 0 Å². The molecule has 0 unspecified atom stereocenters. The van der Waals surface area contributed by atoms with Crippen molar-refractivity contribution >= 4 is 29.3 Å². The molecule has 1 saturated carbocycles. The van der Waals surface area contributed by atoms with Crippen molar-refractivity contribution in [3.05, 3.63) is 59.4 Å². The van der Waals surface area contributed by atoms with Crippen LogP contribution in [0.5, 0.6) is 11.5 Å². The third-order valence-corrected chi connectivity index (χ3v) is 6.52. The number of halogens is 1. The summed E-state index contributed by atoms with van der Waals surface area (Å²) in [7, 11) is 0. The Balaban J connectivity index is 1.47. The zero-order valence-corrected chi connectivity index (χ0v) is 20.1. The SMILES string of the molecule is CCOc1ccc(OCc2nnc(SCC(=O)NC3CCCC3)n2-c2ccc(Cl)cc2)cc1. The van der Waals surface area contributed by atoms with Crippen LogP contribution in [0.1, 0.15) is 38.4 Å². The minimum absolute atomic E-state index is 0.0183. The molecule has 174 valence electrons. The first kappa shape index (κ1) is 23.4. The fourth-order valence-corrected chi connectivity index (χ4v) is 4.66. The van der Waals surface area contributed by atoms with Gasteiger partial charge in [-0.15, -0.1) is 10.2 Å². The van der Waals surface area contributed by atoms with Crippen LogP contribution in [-0.2, 0) is 11.4 Å². The van der Waals surface area contributed by atoms with E-state index in [1.54, 1.807) is 0 Å².